The van der Waals surface area contributed by atoms with E-state index in [1.54, 1.807) is 29.1 Å². The molecule has 2 heterocycles. The summed E-state index contributed by atoms with van der Waals surface area (Å²) in [6.45, 7) is 4.30. The number of aromatic nitrogens is 1. The number of pyridine rings is 1. The number of nitrogens with one attached hydrogen (secondary N) is 1. The van der Waals surface area contributed by atoms with Gasteiger partial charge in [0.15, 0.2) is 0 Å². The van der Waals surface area contributed by atoms with Crippen molar-refractivity contribution >= 4 is 17.6 Å². The molecule has 1 aromatic heterocycles. The van der Waals surface area contributed by atoms with E-state index < -0.39 is 6.10 Å². The minimum atomic E-state index is -0.423. The van der Waals surface area contributed by atoms with Gasteiger partial charge in [-0.3, -0.25) is 4.79 Å². The summed E-state index contributed by atoms with van der Waals surface area (Å²) in [6.07, 6.45) is 7.13. The third-order valence-electron chi connectivity index (χ3n) is 7.37. The molecular weight excluding hydrogens is 480 g/mol. The van der Waals surface area contributed by atoms with Gasteiger partial charge in [-0.15, -0.1) is 0 Å². The summed E-state index contributed by atoms with van der Waals surface area (Å²) in [7, 11) is 1.71. The number of aliphatic hydroxyl groups is 1. The number of amides is 3. The predicted molar refractivity (Wildman–Crippen MR) is 147 cm³/mol. The molecule has 38 heavy (non-hydrogen) atoms. The zero-order valence-corrected chi connectivity index (χ0v) is 22.5. The minimum Gasteiger partial charge on any atom is -0.472 e. The molecule has 2 aliphatic rings. The van der Waals surface area contributed by atoms with Crippen molar-refractivity contribution in [2.45, 2.75) is 58.1 Å². The first-order valence-corrected chi connectivity index (χ1v) is 13.5. The number of likely N-dealkylation sites (N-methyl/N-ethyl adjacent to an activating group) is 1. The number of hydrogen-bond acceptors (Lipinski definition) is 5. The summed E-state index contributed by atoms with van der Waals surface area (Å²) in [4.78, 5) is 34.2. The fourth-order valence-corrected chi connectivity index (χ4v) is 4.91. The number of rotatable bonds is 5. The van der Waals surface area contributed by atoms with E-state index in [4.69, 9.17) is 4.74 Å². The van der Waals surface area contributed by atoms with E-state index in [1.165, 1.54) is 19.3 Å². The smallest absolute Gasteiger partial charge is 0.321 e. The molecule has 3 amide bonds. The van der Waals surface area contributed by atoms with Crippen LogP contribution in [0.4, 0.5) is 10.5 Å². The quantitative estimate of drug-likeness (QED) is 0.573. The molecular formula is C30H38N4O4. The molecule has 2 aromatic rings. The Morgan fingerprint density at radius 2 is 2.00 bits per heavy atom. The van der Waals surface area contributed by atoms with Crippen LogP contribution in [0.2, 0.25) is 0 Å². The van der Waals surface area contributed by atoms with Crippen LogP contribution in [-0.4, -0.2) is 70.7 Å². The number of para-hydroxylation sites is 1. The van der Waals surface area contributed by atoms with Crippen LogP contribution in [0.25, 0.3) is 0 Å². The van der Waals surface area contributed by atoms with Crippen LogP contribution in [0, 0.1) is 23.7 Å². The van der Waals surface area contributed by atoms with Crippen molar-refractivity contribution in [1.29, 1.82) is 0 Å². The van der Waals surface area contributed by atoms with Gasteiger partial charge in [0.05, 0.1) is 19.2 Å². The van der Waals surface area contributed by atoms with Gasteiger partial charge in [-0.25, -0.2) is 9.78 Å². The number of anilines is 1. The highest BCUT2D eigenvalue weighted by Crippen LogP contribution is 2.28. The van der Waals surface area contributed by atoms with E-state index in [0.717, 1.165) is 12.8 Å². The minimum absolute atomic E-state index is 0.124. The lowest BCUT2D eigenvalue weighted by Gasteiger charge is -2.37. The zero-order valence-electron chi connectivity index (χ0n) is 22.5. The fraction of sp³-hybridized carbons (Fsp3) is 0.500. The third-order valence-corrected chi connectivity index (χ3v) is 7.37. The molecule has 0 unspecified atom stereocenters. The van der Waals surface area contributed by atoms with Crippen LogP contribution in [0.1, 0.15) is 61.9 Å². The van der Waals surface area contributed by atoms with Crippen molar-refractivity contribution in [2.75, 3.05) is 32.1 Å². The Bertz CT molecular complexity index is 1170. The van der Waals surface area contributed by atoms with Gasteiger partial charge in [-0.1, -0.05) is 56.2 Å². The molecule has 2 N–H and O–H groups in total. The molecule has 8 nitrogen and oxygen atoms in total. The van der Waals surface area contributed by atoms with Crippen LogP contribution in [-0.2, 0) is 0 Å². The lowest BCUT2D eigenvalue weighted by atomic mass is 9.90. The van der Waals surface area contributed by atoms with E-state index in [0.29, 0.717) is 35.8 Å². The van der Waals surface area contributed by atoms with Crippen molar-refractivity contribution in [1.82, 2.24) is 14.8 Å². The van der Waals surface area contributed by atoms with Gasteiger partial charge >= 0.3 is 6.03 Å². The molecule has 1 aliphatic heterocycles. The standard InChI is InChI=1S/C30H38N4O4/c1-21-18-34(22(2)20-35)29(36)26-16-24(15-14-23-10-6-4-7-11-23)17-31-28(26)38-27(21)19-33(3)30(37)32-25-12-8-5-9-13-25/h5,8-9,12-13,16-17,21-23,27,35H,4,6-7,10-11,18-20H2,1-3H3,(H,32,37)/t21-,22+,27+/m0/s1. The predicted octanol–water partition coefficient (Wildman–Crippen LogP) is 4.40. The maximum Gasteiger partial charge on any atom is 0.321 e. The maximum absolute atomic E-state index is 13.6. The van der Waals surface area contributed by atoms with Crippen LogP contribution in [0.15, 0.2) is 42.6 Å². The number of urea groups is 1. The topological polar surface area (TPSA) is 95.0 Å². The lowest BCUT2D eigenvalue weighted by Crippen LogP contribution is -2.50. The summed E-state index contributed by atoms with van der Waals surface area (Å²) >= 11 is 0. The monoisotopic (exact) mass is 518 g/mol. The highest BCUT2D eigenvalue weighted by Gasteiger charge is 2.34. The second kappa shape index (κ2) is 12.8. The Morgan fingerprint density at radius 1 is 1.26 bits per heavy atom. The number of benzene rings is 1. The number of hydrogen-bond donors (Lipinski definition) is 2. The molecule has 4 rings (SSSR count). The van der Waals surface area contributed by atoms with Crippen LogP contribution >= 0.6 is 0 Å². The number of carbonyl (C=O) groups is 2. The van der Waals surface area contributed by atoms with Gasteiger partial charge in [-0.05, 0) is 38.0 Å². The van der Waals surface area contributed by atoms with Gasteiger partial charge < -0.3 is 25.0 Å². The van der Waals surface area contributed by atoms with Crippen molar-refractivity contribution in [2.24, 2.45) is 11.8 Å². The van der Waals surface area contributed by atoms with E-state index in [1.807, 2.05) is 44.2 Å². The highest BCUT2D eigenvalue weighted by molar-refractivity contribution is 5.97. The van der Waals surface area contributed by atoms with Gasteiger partial charge in [0.1, 0.15) is 11.7 Å². The molecule has 0 bridgehead atoms. The fourth-order valence-electron chi connectivity index (χ4n) is 4.91. The zero-order chi connectivity index (χ0) is 27.1. The van der Waals surface area contributed by atoms with Crippen LogP contribution < -0.4 is 10.1 Å². The summed E-state index contributed by atoms with van der Waals surface area (Å²) in [5.41, 5.74) is 1.71. The first-order valence-electron chi connectivity index (χ1n) is 13.5. The van der Waals surface area contributed by atoms with Crippen molar-refractivity contribution < 1.29 is 19.4 Å². The van der Waals surface area contributed by atoms with Crippen molar-refractivity contribution in [3.05, 3.63) is 53.7 Å². The summed E-state index contributed by atoms with van der Waals surface area (Å²) < 4.78 is 6.31. The number of nitrogens with zero attached hydrogens (tertiary/aromatic N) is 3. The lowest BCUT2D eigenvalue weighted by molar-refractivity contribution is 0.0356. The number of fused-ring (bicyclic) bond motifs is 1. The number of aliphatic hydroxyl groups excluding tert-OH is 1. The molecule has 1 aromatic carbocycles. The molecule has 0 spiro atoms. The Morgan fingerprint density at radius 3 is 2.71 bits per heavy atom. The average Bonchev–Trinajstić information content (AvgIpc) is 2.94. The van der Waals surface area contributed by atoms with Gasteiger partial charge in [0, 0.05) is 42.9 Å². The molecule has 0 saturated heterocycles. The normalized spacial score (nSPS) is 20.6. The van der Waals surface area contributed by atoms with Crippen LogP contribution in [0.5, 0.6) is 5.88 Å². The summed E-state index contributed by atoms with van der Waals surface area (Å²) in [5.74, 6) is 6.82. The molecule has 0 radical (unpaired) electrons. The second-order valence-electron chi connectivity index (χ2n) is 10.5. The Labute approximate surface area is 225 Å². The maximum atomic E-state index is 13.6. The summed E-state index contributed by atoms with van der Waals surface area (Å²) in [6, 6.07) is 10.4. The Balaban J connectivity index is 1.57. The molecule has 1 fully saturated rings. The van der Waals surface area contributed by atoms with E-state index in [-0.39, 0.29) is 36.4 Å². The van der Waals surface area contributed by atoms with E-state index in [2.05, 4.69) is 22.1 Å². The summed E-state index contributed by atoms with van der Waals surface area (Å²) in [5, 5.41) is 12.8. The third kappa shape index (κ3) is 6.84. The van der Waals surface area contributed by atoms with Gasteiger partial charge in [0.25, 0.3) is 5.91 Å². The number of carbonyl (C=O) groups excluding carboxylic acids is 2. The first-order chi connectivity index (χ1) is 18.4. The second-order valence-corrected chi connectivity index (χ2v) is 10.5. The average molecular weight is 519 g/mol. The molecule has 202 valence electrons. The highest BCUT2D eigenvalue weighted by atomic mass is 16.5. The van der Waals surface area contributed by atoms with Gasteiger partial charge in [0.2, 0.25) is 5.88 Å². The van der Waals surface area contributed by atoms with Crippen molar-refractivity contribution in [3.63, 3.8) is 0 Å². The number of ether oxygens (including phenoxy) is 1. The van der Waals surface area contributed by atoms with Crippen LogP contribution in [0.3, 0.4) is 0 Å². The molecule has 1 aliphatic carbocycles. The largest absolute Gasteiger partial charge is 0.472 e. The van der Waals surface area contributed by atoms with Crippen molar-refractivity contribution in [3.8, 4) is 17.7 Å². The first kappa shape index (κ1) is 27.5. The molecule has 1 saturated carbocycles. The van der Waals surface area contributed by atoms with E-state index in [9.17, 15) is 14.7 Å². The molecule has 8 heteroatoms. The Hall–Kier alpha value is -3.57. The molecule has 3 atom stereocenters. The van der Waals surface area contributed by atoms with Gasteiger partial charge in [-0.2, -0.15) is 0 Å². The van der Waals surface area contributed by atoms with E-state index >= 15 is 0 Å². The SMILES string of the molecule is C[C@H](CO)N1C[C@H](C)[C@@H](CN(C)C(=O)Nc2ccccc2)Oc2ncc(C#CC3CCCCC3)cc2C1=O. The Kier molecular flexibility index (Phi) is 9.24.